The van der Waals surface area contributed by atoms with Gasteiger partial charge in [-0.1, -0.05) is 13.8 Å². The molecule has 0 bridgehead atoms. The zero-order valence-corrected chi connectivity index (χ0v) is 12.7. The molecule has 0 fully saturated rings. The molecule has 0 spiro atoms. The molecule has 0 unspecified atom stereocenters. The molecule has 0 aliphatic heterocycles. The number of carbonyl (C=O) groups excluding carboxylic acids is 2. The van der Waals surface area contributed by atoms with Gasteiger partial charge in [-0.25, -0.2) is 4.39 Å². The Kier molecular flexibility index (Phi) is 5.62. The Morgan fingerprint density at radius 2 is 1.82 bits per heavy atom. The average molecular weight is 310 g/mol. The maximum atomic E-state index is 13.5. The monoisotopic (exact) mass is 310 g/mol. The number of carbonyl (C=O) groups is 3. The lowest BCUT2D eigenvalue weighted by molar-refractivity contribution is -0.139. The summed E-state index contributed by atoms with van der Waals surface area (Å²) in [5, 5.41) is 13.7. The number of hydrogen-bond acceptors (Lipinski definition) is 3. The summed E-state index contributed by atoms with van der Waals surface area (Å²) in [5.74, 6) is -2.40. The van der Waals surface area contributed by atoms with Crippen LogP contribution in [-0.2, 0) is 14.4 Å². The molecule has 0 heterocycles. The van der Waals surface area contributed by atoms with Gasteiger partial charge in [0.05, 0.1) is 12.1 Å². The zero-order valence-electron chi connectivity index (χ0n) is 12.7. The predicted molar refractivity (Wildman–Crippen MR) is 80.0 cm³/mol. The van der Waals surface area contributed by atoms with Crippen molar-refractivity contribution in [3.63, 3.8) is 0 Å². The molecule has 120 valence electrons. The smallest absolute Gasteiger partial charge is 0.303 e. The first-order chi connectivity index (χ1) is 10.1. The van der Waals surface area contributed by atoms with Gasteiger partial charge in [0.2, 0.25) is 11.8 Å². The molecular weight excluding hydrogens is 291 g/mol. The maximum absolute atomic E-state index is 13.5. The lowest BCUT2D eigenvalue weighted by Crippen LogP contribution is -2.24. The summed E-state index contributed by atoms with van der Waals surface area (Å²) in [7, 11) is 0. The van der Waals surface area contributed by atoms with Crippen molar-refractivity contribution in [2.45, 2.75) is 33.6 Å². The SMILES string of the molecule is CC(=O)Nc1cc(NC(=O)CC(C)(C)CC(=O)O)ccc1F. The topological polar surface area (TPSA) is 95.5 Å². The Hall–Kier alpha value is -2.44. The Bertz CT molecular complexity index is 599. The van der Waals surface area contributed by atoms with Crippen LogP contribution in [-0.4, -0.2) is 22.9 Å². The summed E-state index contributed by atoms with van der Waals surface area (Å²) < 4.78 is 13.5. The quantitative estimate of drug-likeness (QED) is 0.752. The summed E-state index contributed by atoms with van der Waals surface area (Å²) in [4.78, 5) is 33.6. The van der Waals surface area contributed by atoms with Gasteiger partial charge in [0.15, 0.2) is 0 Å². The molecule has 1 aromatic carbocycles. The number of anilines is 2. The number of carboxylic acid groups (broad SMARTS) is 1. The van der Waals surface area contributed by atoms with Crippen LogP contribution in [0.2, 0.25) is 0 Å². The molecule has 1 aromatic rings. The highest BCUT2D eigenvalue weighted by atomic mass is 19.1. The van der Waals surface area contributed by atoms with E-state index in [1.165, 1.54) is 19.1 Å². The van der Waals surface area contributed by atoms with Gasteiger partial charge in [0, 0.05) is 19.0 Å². The summed E-state index contributed by atoms with van der Waals surface area (Å²) in [6.07, 6.45) is -0.132. The second kappa shape index (κ2) is 7.02. The van der Waals surface area contributed by atoms with Crippen molar-refractivity contribution in [3.05, 3.63) is 24.0 Å². The number of hydrogen-bond donors (Lipinski definition) is 3. The number of aliphatic carboxylic acids is 1. The molecule has 0 radical (unpaired) electrons. The Balaban J connectivity index is 2.76. The highest BCUT2D eigenvalue weighted by Crippen LogP contribution is 2.26. The standard InChI is InChI=1S/C15H19FN2O4/c1-9(19)17-12-6-10(4-5-11(12)16)18-13(20)7-15(2,3)8-14(21)22/h4-6H,7-8H2,1-3H3,(H,17,19)(H,18,20)(H,21,22). The minimum atomic E-state index is -0.979. The van der Waals surface area contributed by atoms with E-state index in [0.717, 1.165) is 6.07 Å². The van der Waals surface area contributed by atoms with Gasteiger partial charge in [-0.2, -0.15) is 0 Å². The molecule has 22 heavy (non-hydrogen) atoms. The molecule has 0 atom stereocenters. The normalized spacial score (nSPS) is 10.9. The molecule has 1 rings (SSSR count). The number of amides is 2. The summed E-state index contributed by atoms with van der Waals surface area (Å²) in [6, 6.07) is 3.80. The van der Waals surface area contributed by atoms with Gasteiger partial charge in [-0.3, -0.25) is 14.4 Å². The molecule has 7 heteroatoms. The van der Waals surface area contributed by atoms with E-state index >= 15 is 0 Å². The average Bonchev–Trinajstić information content (AvgIpc) is 2.30. The maximum Gasteiger partial charge on any atom is 0.303 e. The molecule has 0 aliphatic carbocycles. The molecule has 0 saturated carbocycles. The van der Waals surface area contributed by atoms with Crippen LogP contribution in [0, 0.1) is 11.2 Å². The first-order valence-corrected chi connectivity index (χ1v) is 6.68. The van der Waals surface area contributed by atoms with E-state index in [4.69, 9.17) is 5.11 Å². The lowest BCUT2D eigenvalue weighted by atomic mass is 9.85. The molecule has 0 saturated heterocycles. The zero-order chi connectivity index (χ0) is 16.9. The van der Waals surface area contributed by atoms with E-state index < -0.39 is 23.1 Å². The van der Waals surface area contributed by atoms with Crippen molar-refractivity contribution in [2.75, 3.05) is 10.6 Å². The Morgan fingerprint density at radius 1 is 1.18 bits per heavy atom. The van der Waals surface area contributed by atoms with Crippen LogP contribution in [0.25, 0.3) is 0 Å². The Labute approximate surface area is 127 Å². The third kappa shape index (κ3) is 5.90. The fourth-order valence-electron chi connectivity index (χ4n) is 2.00. The number of halogens is 1. The van der Waals surface area contributed by atoms with Crippen LogP contribution >= 0.6 is 0 Å². The largest absolute Gasteiger partial charge is 0.481 e. The fourth-order valence-corrected chi connectivity index (χ4v) is 2.00. The third-order valence-corrected chi connectivity index (χ3v) is 2.83. The third-order valence-electron chi connectivity index (χ3n) is 2.83. The van der Waals surface area contributed by atoms with Gasteiger partial charge in [-0.05, 0) is 23.6 Å². The van der Waals surface area contributed by atoms with E-state index in [-0.39, 0.29) is 24.4 Å². The summed E-state index contributed by atoms with van der Waals surface area (Å²) in [5.41, 5.74) is -0.410. The van der Waals surface area contributed by atoms with E-state index in [1.54, 1.807) is 13.8 Å². The van der Waals surface area contributed by atoms with E-state index in [0.29, 0.717) is 5.69 Å². The number of rotatable bonds is 6. The van der Waals surface area contributed by atoms with Crippen molar-refractivity contribution in [1.82, 2.24) is 0 Å². The number of nitrogens with one attached hydrogen (secondary N) is 2. The highest BCUT2D eigenvalue weighted by molar-refractivity contribution is 5.93. The fraction of sp³-hybridized carbons (Fsp3) is 0.400. The van der Waals surface area contributed by atoms with Crippen molar-refractivity contribution in [1.29, 1.82) is 0 Å². The molecular formula is C15H19FN2O4. The van der Waals surface area contributed by atoms with Crippen molar-refractivity contribution >= 4 is 29.2 Å². The second-order valence-electron chi connectivity index (χ2n) is 5.84. The van der Waals surface area contributed by atoms with Gasteiger partial charge in [-0.15, -0.1) is 0 Å². The van der Waals surface area contributed by atoms with Crippen LogP contribution in [0.1, 0.15) is 33.6 Å². The molecule has 6 nitrogen and oxygen atoms in total. The van der Waals surface area contributed by atoms with Crippen LogP contribution in [0.4, 0.5) is 15.8 Å². The number of benzene rings is 1. The first-order valence-electron chi connectivity index (χ1n) is 6.68. The van der Waals surface area contributed by atoms with Crippen LogP contribution in [0.3, 0.4) is 0 Å². The van der Waals surface area contributed by atoms with E-state index in [2.05, 4.69) is 10.6 Å². The van der Waals surface area contributed by atoms with Crippen molar-refractivity contribution in [3.8, 4) is 0 Å². The van der Waals surface area contributed by atoms with Crippen molar-refractivity contribution < 1.29 is 23.9 Å². The van der Waals surface area contributed by atoms with E-state index in [1.807, 2.05) is 0 Å². The Morgan fingerprint density at radius 3 is 2.36 bits per heavy atom. The minimum Gasteiger partial charge on any atom is -0.481 e. The summed E-state index contributed by atoms with van der Waals surface area (Å²) >= 11 is 0. The van der Waals surface area contributed by atoms with Crippen molar-refractivity contribution in [2.24, 2.45) is 5.41 Å². The van der Waals surface area contributed by atoms with Crippen LogP contribution in [0.15, 0.2) is 18.2 Å². The molecule has 3 N–H and O–H groups in total. The second-order valence-corrected chi connectivity index (χ2v) is 5.84. The van der Waals surface area contributed by atoms with Gasteiger partial charge in [0.1, 0.15) is 5.82 Å². The van der Waals surface area contributed by atoms with Crippen LogP contribution < -0.4 is 10.6 Å². The minimum absolute atomic E-state index is 0.00610. The molecule has 0 aromatic heterocycles. The van der Waals surface area contributed by atoms with Crippen LogP contribution in [0.5, 0.6) is 0 Å². The molecule has 0 aliphatic rings. The molecule has 2 amide bonds. The van der Waals surface area contributed by atoms with E-state index in [9.17, 15) is 18.8 Å². The highest BCUT2D eigenvalue weighted by Gasteiger charge is 2.25. The lowest BCUT2D eigenvalue weighted by Gasteiger charge is -2.21. The van der Waals surface area contributed by atoms with Gasteiger partial charge < -0.3 is 15.7 Å². The van der Waals surface area contributed by atoms with Gasteiger partial charge in [0.25, 0.3) is 0 Å². The predicted octanol–water partition coefficient (Wildman–Crippen LogP) is 2.61. The van der Waals surface area contributed by atoms with Gasteiger partial charge >= 0.3 is 5.97 Å². The summed E-state index contributed by atoms with van der Waals surface area (Å²) in [6.45, 7) is 4.60. The first kappa shape index (κ1) is 17.6. The number of carboxylic acids is 1.